The molecule has 144 valence electrons. The molecular weight excluding hydrogens is 358 g/mol. The molecule has 0 spiro atoms. The van der Waals surface area contributed by atoms with E-state index in [1.54, 1.807) is 26.0 Å². The molecule has 0 aliphatic rings. The monoisotopic (exact) mass is 383 g/mol. The molecule has 0 saturated heterocycles. The van der Waals surface area contributed by atoms with E-state index in [1.165, 1.54) is 12.1 Å². The van der Waals surface area contributed by atoms with Gasteiger partial charge in [0, 0.05) is 12.2 Å². The number of carbonyl (C=O) groups is 3. The van der Waals surface area contributed by atoms with Gasteiger partial charge in [0.15, 0.2) is 0 Å². The minimum atomic E-state index is -1.21. The number of aromatic hydroxyl groups is 1. The Morgan fingerprint density at radius 3 is 2.08 bits per heavy atom. The molecule has 8 nitrogen and oxygen atoms in total. The molecule has 0 bridgehead atoms. The van der Waals surface area contributed by atoms with Gasteiger partial charge in [-0.2, -0.15) is 12.6 Å². The van der Waals surface area contributed by atoms with E-state index >= 15 is 0 Å². The summed E-state index contributed by atoms with van der Waals surface area (Å²) in [4.78, 5) is 35.8. The van der Waals surface area contributed by atoms with E-state index in [4.69, 9.17) is 5.73 Å². The molecule has 1 aromatic rings. The quantitative estimate of drug-likeness (QED) is 0.329. The van der Waals surface area contributed by atoms with Crippen LogP contribution in [0.3, 0.4) is 0 Å². The molecule has 9 heteroatoms. The van der Waals surface area contributed by atoms with Crippen LogP contribution in [0.25, 0.3) is 0 Å². The van der Waals surface area contributed by atoms with Crippen LogP contribution in [-0.4, -0.2) is 51.9 Å². The number of phenolic OH excluding ortho intramolecular Hbond substituents is 1. The van der Waals surface area contributed by atoms with Gasteiger partial charge in [-0.3, -0.25) is 9.59 Å². The molecule has 0 aromatic heterocycles. The Hall–Kier alpha value is -2.26. The predicted molar refractivity (Wildman–Crippen MR) is 100.0 cm³/mol. The zero-order chi connectivity index (χ0) is 19.9. The first kappa shape index (κ1) is 21.8. The third kappa shape index (κ3) is 6.57. The van der Waals surface area contributed by atoms with Crippen LogP contribution in [-0.2, 0) is 20.8 Å². The number of hydrogen-bond donors (Lipinski definition) is 6. The van der Waals surface area contributed by atoms with Crippen LogP contribution in [0.1, 0.15) is 19.4 Å². The molecule has 0 aliphatic heterocycles. The Bertz CT molecular complexity index is 636. The second-order valence-electron chi connectivity index (χ2n) is 6.28. The number of nitrogens with one attached hydrogen (secondary N) is 2. The van der Waals surface area contributed by atoms with Crippen molar-refractivity contribution in [2.45, 2.75) is 38.4 Å². The molecule has 6 N–H and O–H groups in total. The summed E-state index contributed by atoms with van der Waals surface area (Å²) in [6.45, 7) is 3.55. The molecule has 2 amide bonds. The van der Waals surface area contributed by atoms with Crippen LogP contribution in [0.15, 0.2) is 24.3 Å². The highest BCUT2D eigenvalue weighted by Crippen LogP contribution is 2.11. The molecular formula is C17H25N3O5S. The second-order valence-corrected chi connectivity index (χ2v) is 6.65. The summed E-state index contributed by atoms with van der Waals surface area (Å²) in [5.74, 6) is -2.43. The Morgan fingerprint density at radius 1 is 1.08 bits per heavy atom. The van der Waals surface area contributed by atoms with Gasteiger partial charge in [0.1, 0.15) is 17.8 Å². The lowest BCUT2D eigenvalue weighted by atomic mass is 10.0. The van der Waals surface area contributed by atoms with E-state index in [9.17, 15) is 24.6 Å². The van der Waals surface area contributed by atoms with Gasteiger partial charge >= 0.3 is 5.97 Å². The predicted octanol–water partition coefficient (Wildman–Crippen LogP) is -0.0980. The molecule has 26 heavy (non-hydrogen) atoms. The number of amides is 2. The van der Waals surface area contributed by atoms with Crippen LogP contribution in [0.5, 0.6) is 5.75 Å². The van der Waals surface area contributed by atoms with E-state index in [0.717, 1.165) is 0 Å². The number of phenols is 1. The van der Waals surface area contributed by atoms with Crippen molar-refractivity contribution in [3.8, 4) is 5.75 Å². The summed E-state index contributed by atoms with van der Waals surface area (Å²) in [5, 5.41) is 23.5. The number of hydrogen-bond acceptors (Lipinski definition) is 6. The molecule has 0 aliphatic carbocycles. The Morgan fingerprint density at radius 2 is 1.62 bits per heavy atom. The Labute approximate surface area is 157 Å². The first-order chi connectivity index (χ1) is 12.1. The number of thiol groups is 1. The Balaban J connectivity index is 2.76. The summed E-state index contributed by atoms with van der Waals surface area (Å²) >= 11 is 4.04. The standard InChI is InChI=1S/C17H25N3O5S/c1-9(2)14(18)16(23)20-13(8-26)15(22)19-12(17(24)25)7-10-3-5-11(21)6-4-10/h3-6,9,12-14,21,26H,7-8,18H2,1-2H3,(H,19,22)(H,20,23)(H,24,25). The fraction of sp³-hybridized carbons (Fsp3) is 0.471. The van der Waals surface area contributed by atoms with Gasteiger partial charge in [-0.15, -0.1) is 0 Å². The van der Waals surface area contributed by atoms with Gasteiger partial charge in [0.25, 0.3) is 0 Å². The van der Waals surface area contributed by atoms with E-state index in [2.05, 4.69) is 23.3 Å². The van der Waals surface area contributed by atoms with Crippen molar-refractivity contribution in [3.05, 3.63) is 29.8 Å². The van der Waals surface area contributed by atoms with E-state index in [-0.39, 0.29) is 23.8 Å². The molecule has 0 fully saturated rings. The van der Waals surface area contributed by atoms with Gasteiger partial charge in [-0.25, -0.2) is 4.79 Å². The molecule has 0 saturated carbocycles. The Kier molecular flexibility index (Phi) is 8.40. The number of carbonyl (C=O) groups excluding carboxylic acids is 2. The highest BCUT2D eigenvalue weighted by atomic mass is 32.1. The van der Waals surface area contributed by atoms with Crippen LogP contribution in [0.4, 0.5) is 0 Å². The molecule has 3 atom stereocenters. The minimum absolute atomic E-state index is 0.00601. The van der Waals surface area contributed by atoms with Crippen molar-refractivity contribution in [1.82, 2.24) is 10.6 Å². The maximum atomic E-state index is 12.3. The number of carboxylic acids is 1. The molecule has 0 radical (unpaired) electrons. The van der Waals surface area contributed by atoms with Gasteiger partial charge in [0.2, 0.25) is 11.8 Å². The summed E-state index contributed by atoms with van der Waals surface area (Å²) in [7, 11) is 0. The number of nitrogens with two attached hydrogens (primary N) is 1. The third-order valence-corrected chi connectivity index (χ3v) is 4.19. The largest absolute Gasteiger partial charge is 0.508 e. The van der Waals surface area contributed by atoms with Crippen LogP contribution in [0, 0.1) is 5.92 Å². The number of carboxylic acid groups (broad SMARTS) is 1. The highest BCUT2D eigenvalue weighted by molar-refractivity contribution is 7.80. The van der Waals surface area contributed by atoms with Crippen molar-refractivity contribution in [2.75, 3.05) is 5.75 Å². The lowest BCUT2D eigenvalue weighted by Gasteiger charge is -2.22. The van der Waals surface area contributed by atoms with Crippen LogP contribution in [0.2, 0.25) is 0 Å². The SMILES string of the molecule is CC(C)C(N)C(=O)NC(CS)C(=O)NC(Cc1ccc(O)cc1)C(=O)O. The lowest BCUT2D eigenvalue weighted by Crippen LogP contribution is -2.56. The van der Waals surface area contributed by atoms with Crippen LogP contribution >= 0.6 is 12.6 Å². The third-order valence-electron chi connectivity index (χ3n) is 3.83. The average molecular weight is 383 g/mol. The highest BCUT2D eigenvalue weighted by Gasteiger charge is 2.28. The summed E-state index contributed by atoms with van der Waals surface area (Å²) in [6.07, 6.45) is 0.0279. The first-order valence-electron chi connectivity index (χ1n) is 8.13. The zero-order valence-corrected chi connectivity index (χ0v) is 15.6. The average Bonchev–Trinajstić information content (AvgIpc) is 2.59. The van der Waals surface area contributed by atoms with Gasteiger partial charge in [0.05, 0.1) is 6.04 Å². The smallest absolute Gasteiger partial charge is 0.326 e. The van der Waals surface area contributed by atoms with Crippen LogP contribution < -0.4 is 16.4 Å². The molecule has 1 aromatic carbocycles. The van der Waals surface area contributed by atoms with Crippen molar-refractivity contribution in [2.24, 2.45) is 11.7 Å². The minimum Gasteiger partial charge on any atom is -0.508 e. The van der Waals surface area contributed by atoms with E-state index in [1.807, 2.05) is 0 Å². The zero-order valence-electron chi connectivity index (χ0n) is 14.7. The summed E-state index contributed by atoms with van der Waals surface area (Å²) in [5.41, 5.74) is 6.37. The molecule has 3 unspecified atom stereocenters. The first-order valence-corrected chi connectivity index (χ1v) is 8.76. The number of benzene rings is 1. The van der Waals surface area contributed by atoms with E-state index in [0.29, 0.717) is 5.56 Å². The maximum absolute atomic E-state index is 12.3. The van der Waals surface area contributed by atoms with Gasteiger partial charge < -0.3 is 26.6 Å². The lowest BCUT2D eigenvalue weighted by molar-refractivity contribution is -0.142. The molecule has 1 rings (SSSR count). The topological polar surface area (TPSA) is 142 Å². The molecule has 0 heterocycles. The van der Waals surface area contributed by atoms with Gasteiger partial charge in [-0.1, -0.05) is 26.0 Å². The summed E-state index contributed by atoms with van der Waals surface area (Å²) in [6, 6.07) is 3.02. The fourth-order valence-electron chi connectivity index (χ4n) is 2.10. The van der Waals surface area contributed by atoms with Crippen molar-refractivity contribution >= 4 is 30.4 Å². The van der Waals surface area contributed by atoms with Crippen molar-refractivity contribution in [1.29, 1.82) is 0 Å². The summed E-state index contributed by atoms with van der Waals surface area (Å²) < 4.78 is 0. The number of rotatable bonds is 9. The maximum Gasteiger partial charge on any atom is 0.326 e. The second kappa shape index (κ2) is 10.0. The van der Waals surface area contributed by atoms with Gasteiger partial charge in [-0.05, 0) is 23.6 Å². The number of aliphatic carboxylic acids is 1. The normalized spacial score (nSPS) is 14.3. The van der Waals surface area contributed by atoms with Crippen molar-refractivity contribution < 1.29 is 24.6 Å². The van der Waals surface area contributed by atoms with Crippen molar-refractivity contribution in [3.63, 3.8) is 0 Å². The van der Waals surface area contributed by atoms with E-state index < -0.39 is 35.9 Å². The fourth-order valence-corrected chi connectivity index (χ4v) is 2.36.